The van der Waals surface area contributed by atoms with Crippen molar-refractivity contribution in [1.29, 1.82) is 0 Å². The van der Waals surface area contributed by atoms with Crippen molar-refractivity contribution >= 4 is 10.0 Å². The summed E-state index contributed by atoms with van der Waals surface area (Å²) in [5.74, 6) is 0.665. The van der Waals surface area contributed by atoms with Crippen molar-refractivity contribution in [2.75, 3.05) is 20.3 Å². The third-order valence-electron chi connectivity index (χ3n) is 2.99. The third-order valence-corrected chi connectivity index (χ3v) is 4.50. The topological polar surface area (TPSA) is 84.9 Å². The number of rotatable bonds is 9. The number of aliphatic hydroxyl groups is 1. The molecule has 1 atom stereocenters. The highest BCUT2D eigenvalue weighted by Gasteiger charge is 2.20. The molecule has 0 saturated heterocycles. The summed E-state index contributed by atoms with van der Waals surface area (Å²) in [6, 6.07) is 4.27. The van der Waals surface area contributed by atoms with Crippen LogP contribution in [0.3, 0.4) is 0 Å². The third kappa shape index (κ3) is 5.57. The van der Waals surface area contributed by atoms with E-state index in [2.05, 4.69) is 4.72 Å². The molecule has 0 amide bonds. The highest BCUT2D eigenvalue weighted by molar-refractivity contribution is 7.89. The van der Waals surface area contributed by atoms with E-state index in [0.29, 0.717) is 12.2 Å². The zero-order chi connectivity index (χ0) is 16.8. The van der Waals surface area contributed by atoms with Crippen LogP contribution in [0.4, 0.5) is 0 Å². The highest BCUT2D eigenvalue weighted by Crippen LogP contribution is 2.23. The number of benzene rings is 1. The minimum Gasteiger partial charge on any atom is -0.491 e. The zero-order valence-electron chi connectivity index (χ0n) is 13.5. The lowest BCUT2D eigenvalue weighted by atomic mass is 10.2. The number of nitrogens with one attached hydrogen (secondary N) is 1. The van der Waals surface area contributed by atoms with E-state index in [1.165, 1.54) is 13.2 Å². The van der Waals surface area contributed by atoms with Gasteiger partial charge in [-0.05, 0) is 51.0 Å². The fourth-order valence-corrected chi connectivity index (χ4v) is 3.34. The molecule has 2 N–H and O–H groups in total. The maximum absolute atomic E-state index is 12.4. The number of methoxy groups -OCH3 is 1. The Kier molecular flexibility index (Phi) is 7.28. The number of hydrogen-bond donors (Lipinski definition) is 2. The predicted octanol–water partition coefficient (Wildman–Crippen LogP) is 1.46. The molecule has 0 aliphatic rings. The quantitative estimate of drug-likeness (QED) is 0.715. The molecule has 7 heteroatoms. The van der Waals surface area contributed by atoms with Gasteiger partial charge in [-0.25, -0.2) is 13.1 Å². The lowest BCUT2D eigenvalue weighted by molar-refractivity contribution is 0.158. The van der Waals surface area contributed by atoms with Crippen molar-refractivity contribution < 1.29 is 23.0 Å². The van der Waals surface area contributed by atoms with Crippen LogP contribution in [0.1, 0.15) is 25.8 Å². The van der Waals surface area contributed by atoms with Gasteiger partial charge < -0.3 is 14.6 Å². The maximum Gasteiger partial charge on any atom is 0.240 e. The van der Waals surface area contributed by atoms with Gasteiger partial charge in [-0.1, -0.05) is 0 Å². The van der Waals surface area contributed by atoms with Crippen LogP contribution in [0.15, 0.2) is 23.1 Å². The molecule has 0 aliphatic heterocycles. The van der Waals surface area contributed by atoms with Crippen LogP contribution in [0, 0.1) is 6.92 Å². The summed E-state index contributed by atoms with van der Waals surface area (Å²) in [7, 11) is -2.18. The highest BCUT2D eigenvalue weighted by atomic mass is 32.2. The van der Waals surface area contributed by atoms with Crippen LogP contribution in [-0.2, 0) is 14.8 Å². The number of aliphatic hydroxyl groups excluding tert-OH is 1. The van der Waals surface area contributed by atoms with E-state index in [1.807, 2.05) is 13.8 Å². The molecule has 22 heavy (non-hydrogen) atoms. The van der Waals surface area contributed by atoms with Crippen molar-refractivity contribution in [1.82, 2.24) is 4.72 Å². The Labute approximate surface area is 132 Å². The van der Waals surface area contributed by atoms with Gasteiger partial charge in [0.05, 0.1) is 17.6 Å². The molecule has 6 nitrogen and oxygen atoms in total. The number of ether oxygens (including phenoxy) is 2. The summed E-state index contributed by atoms with van der Waals surface area (Å²) in [4.78, 5) is 0.167. The first-order chi connectivity index (χ1) is 10.3. The van der Waals surface area contributed by atoms with Gasteiger partial charge in [0.2, 0.25) is 10.0 Å². The molecular weight excluding hydrogens is 306 g/mol. The molecule has 1 aromatic rings. The van der Waals surface area contributed by atoms with E-state index in [4.69, 9.17) is 14.6 Å². The molecule has 0 aromatic heterocycles. The van der Waals surface area contributed by atoms with Gasteiger partial charge >= 0.3 is 0 Å². The molecule has 0 aliphatic carbocycles. The molecule has 0 saturated carbocycles. The van der Waals surface area contributed by atoms with E-state index in [-0.39, 0.29) is 24.2 Å². The molecule has 0 unspecified atom stereocenters. The Morgan fingerprint density at radius 2 is 2.00 bits per heavy atom. The predicted molar refractivity (Wildman–Crippen MR) is 84.6 cm³/mol. The van der Waals surface area contributed by atoms with E-state index in [9.17, 15) is 8.42 Å². The van der Waals surface area contributed by atoms with E-state index >= 15 is 0 Å². The van der Waals surface area contributed by atoms with Crippen molar-refractivity contribution in [3.63, 3.8) is 0 Å². The molecule has 1 aromatic carbocycles. The first-order valence-corrected chi connectivity index (χ1v) is 8.68. The van der Waals surface area contributed by atoms with Gasteiger partial charge in [0, 0.05) is 19.8 Å². The number of aryl methyl sites for hydroxylation is 1. The normalized spacial score (nSPS) is 13.4. The Morgan fingerprint density at radius 1 is 1.32 bits per heavy atom. The van der Waals surface area contributed by atoms with Crippen molar-refractivity contribution in [3.8, 4) is 5.75 Å². The Balaban J connectivity index is 2.95. The average molecular weight is 331 g/mol. The standard InChI is InChI=1S/C15H25NO5S/c1-11(2)21-15-6-5-14(9-12(15)3)22(18,19)16-13(7-8-17)10-20-4/h5-6,9,11,13,16-17H,7-8,10H2,1-4H3/t13-/m0/s1. The van der Waals surface area contributed by atoms with Crippen LogP contribution in [0.2, 0.25) is 0 Å². The molecule has 0 radical (unpaired) electrons. The summed E-state index contributed by atoms with van der Waals surface area (Å²) in [5.41, 5.74) is 0.752. The van der Waals surface area contributed by atoms with E-state index in [0.717, 1.165) is 5.56 Å². The van der Waals surface area contributed by atoms with E-state index < -0.39 is 16.1 Å². The van der Waals surface area contributed by atoms with Crippen LogP contribution >= 0.6 is 0 Å². The lowest BCUT2D eigenvalue weighted by Gasteiger charge is -2.18. The zero-order valence-corrected chi connectivity index (χ0v) is 14.3. The summed E-state index contributed by atoms with van der Waals surface area (Å²) in [5, 5.41) is 8.99. The molecule has 0 spiro atoms. The smallest absolute Gasteiger partial charge is 0.240 e. The summed E-state index contributed by atoms with van der Waals surface area (Å²) in [6.07, 6.45) is 0.315. The van der Waals surface area contributed by atoms with Crippen LogP contribution in [0.5, 0.6) is 5.75 Å². The minimum absolute atomic E-state index is 0.0231. The van der Waals surface area contributed by atoms with Gasteiger partial charge in [-0.3, -0.25) is 0 Å². The summed E-state index contributed by atoms with van der Waals surface area (Å²) >= 11 is 0. The van der Waals surface area contributed by atoms with Gasteiger partial charge in [0.25, 0.3) is 0 Å². The van der Waals surface area contributed by atoms with Gasteiger partial charge in [0.1, 0.15) is 5.75 Å². The van der Waals surface area contributed by atoms with Crippen molar-refractivity contribution in [2.24, 2.45) is 0 Å². The second-order valence-electron chi connectivity index (χ2n) is 5.38. The number of sulfonamides is 1. The average Bonchev–Trinajstić information content (AvgIpc) is 2.40. The van der Waals surface area contributed by atoms with E-state index in [1.54, 1.807) is 19.1 Å². The fourth-order valence-electron chi connectivity index (χ4n) is 2.00. The Hall–Kier alpha value is -1.15. The first-order valence-electron chi connectivity index (χ1n) is 7.19. The molecule has 126 valence electrons. The number of hydrogen-bond acceptors (Lipinski definition) is 5. The van der Waals surface area contributed by atoms with Crippen LogP contribution in [-0.4, -0.2) is 46.0 Å². The van der Waals surface area contributed by atoms with Crippen molar-refractivity contribution in [2.45, 2.75) is 44.2 Å². The van der Waals surface area contributed by atoms with Crippen LogP contribution < -0.4 is 9.46 Å². The maximum atomic E-state index is 12.4. The van der Waals surface area contributed by atoms with Gasteiger partial charge in [0.15, 0.2) is 0 Å². The second kappa shape index (κ2) is 8.47. The Morgan fingerprint density at radius 3 is 2.50 bits per heavy atom. The molecule has 0 heterocycles. The molecule has 1 rings (SSSR count). The molecule has 0 fully saturated rings. The monoisotopic (exact) mass is 331 g/mol. The summed E-state index contributed by atoms with van der Waals surface area (Å²) < 4.78 is 37.9. The molecule has 0 bridgehead atoms. The van der Waals surface area contributed by atoms with Gasteiger partial charge in [-0.15, -0.1) is 0 Å². The summed E-state index contributed by atoms with van der Waals surface area (Å²) in [6.45, 7) is 5.72. The first kappa shape index (κ1) is 18.9. The van der Waals surface area contributed by atoms with Crippen molar-refractivity contribution in [3.05, 3.63) is 23.8 Å². The molecular formula is C15H25NO5S. The second-order valence-corrected chi connectivity index (χ2v) is 7.09. The lowest BCUT2D eigenvalue weighted by Crippen LogP contribution is -2.38. The minimum atomic E-state index is -3.67. The Bertz CT molecular complexity index is 565. The largest absolute Gasteiger partial charge is 0.491 e. The SMILES string of the molecule is COC[C@H](CCO)NS(=O)(=O)c1ccc(OC(C)C)c(C)c1. The fraction of sp³-hybridized carbons (Fsp3) is 0.600. The van der Waals surface area contributed by atoms with Crippen LogP contribution in [0.25, 0.3) is 0 Å². The van der Waals surface area contributed by atoms with Gasteiger partial charge in [-0.2, -0.15) is 0 Å².